The lowest BCUT2D eigenvalue weighted by Gasteiger charge is -2.52. The molecule has 5 aromatic carbocycles. The Labute approximate surface area is 286 Å². The lowest BCUT2D eigenvalue weighted by atomic mass is 9.73. The van der Waals surface area contributed by atoms with Crippen molar-refractivity contribution in [2.24, 2.45) is 11.8 Å². The first-order valence-corrected chi connectivity index (χ1v) is 17.1. The van der Waals surface area contributed by atoms with E-state index in [1.165, 1.54) is 6.42 Å². The van der Waals surface area contributed by atoms with Crippen LogP contribution in [0.4, 0.5) is 11.4 Å². The molecule has 1 aromatic heterocycles. The van der Waals surface area contributed by atoms with Gasteiger partial charge in [-0.1, -0.05) is 66.7 Å². The molecule has 48 heavy (non-hydrogen) atoms. The van der Waals surface area contributed by atoms with E-state index in [4.69, 9.17) is 27.7 Å². The highest BCUT2D eigenvalue weighted by Gasteiger charge is 2.43. The minimum Gasteiger partial charge on any atom is -0.497 e. The SMILES string of the molecule is C=CC1CN2CCC1C[C@H]2[C@@H](NC(=S)Nc1ccc2ccccc2c1-c1c(N)ccc2ccccc12)c1ccnc2ccc(OC)cc12. The van der Waals surface area contributed by atoms with Crippen LogP contribution in [0.15, 0.2) is 116 Å². The third-order valence-electron chi connectivity index (χ3n) is 10.5. The lowest BCUT2D eigenvalue weighted by Crippen LogP contribution is -2.57. The molecular weight excluding hydrogens is 611 g/mol. The molecule has 6 nitrogen and oxygen atoms in total. The second-order valence-electron chi connectivity index (χ2n) is 13.1. The van der Waals surface area contributed by atoms with E-state index in [2.05, 4.69) is 107 Å². The van der Waals surface area contributed by atoms with E-state index in [9.17, 15) is 0 Å². The Bertz CT molecular complexity index is 2200. The average Bonchev–Trinajstić information content (AvgIpc) is 3.13. The standard InChI is InChI=1S/C41H39N5OS/c1-3-25-24-46-21-19-28(25)22-37(46)40(32-18-20-43-35-17-14-29(47-2)23-33(32)35)45-41(48)44-36-16-13-27-9-5-7-11-31(27)39(36)38-30-10-6-4-8-26(30)12-15-34(38)42/h3-18,20,23,25,28,37,40H,1,19,21-22,24,42H2,2H3,(H2,44,45,48)/t25?,28?,37-,40-/m0/s1. The summed E-state index contributed by atoms with van der Waals surface area (Å²) in [6, 6.07) is 33.6. The van der Waals surface area contributed by atoms with Crippen LogP contribution in [0.1, 0.15) is 24.4 Å². The molecule has 7 heteroatoms. The van der Waals surface area contributed by atoms with Gasteiger partial charge >= 0.3 is 0 Å². The number of nitrogens with zero attached hydrogens (tertiary/aromatic N) is 2. The van der Waals surface area contributed by atoms with Crippen molar-refractivity contribution in [2.45, 2.75) is 24.9 Å². The zero-order valence-electron chi connectivity index (χ0n) is 27.0. The number of hydrogen-bond donors (Lipinski definition) is 3. The number of nitrogen functional groups attached to an aromatic ring is 1. The summed E-state index contributed by atoms with van der Waals surface area (Å²) >= 11 is 6.22. The number of piperidine rings is 3. The summed E-state index contributed by atoms with van der Waals surface area (Å²) in [6.45, 7) is 6.24. The van der Waals surface area contributed by atoms with E-state index in [1.54, 1.807) is 7.11 Å². The smallest absolute Gasteiger partial charge is 0.171 e. The van der Waals surface area contributed by atoms with Gasteiger partial charge in [0.2, 0.25) is 0 Å². The van der Waals surface area contributed by atoms with Crippen molar-refractivity contribution >= 4 is 61.2 Å². The second kappa shape index (κ2) is 12.6. The summed E-state index contributed by atoms with van der Waals surface area (Å²) in [5.74, 6) is 1.93. The fourth-order valence-electron chi connectivity index (χ4n) is 8.16. The van der Waals surface area contributed by atoms with Gasteiger partial charge in [0, 0.05) is 46.7 Å². The second-order valence-corrected chi connectivity index (χ2v) is 13.5. The van der Waals surface area contributed by atoms with E-state index in [0.717, 1.165) is 85.8 Å². The molecule has 0 radical (unpaired) electrons. The van der Waals surface area contributed by atoms with Crippen molar-refractivity contribution < 1.29 is 4.74 Å². The van der Waals surface area contributed by atoms with Crippen LogP contribution in [-0.2, 0) is 0 Å². The Morgan fingerprint density at radius 1 is 0.958 bits per heavy atom. The largest absolute Gasteiger partial charge is 0.497 e. The van der Waals surface area contributed by atoms with Crippen molar-refractivity contribution in [1.29, 1.82) is 0 Å². The third kappa shape index (κ3) is 5.33. The molecule has 6 aromatic rings. The number of methoxy groups -OCH3 is 1. The number of thiocarbonyl (C=S) groups is 1. The number of benzene rings is 5. The van der Waals surface area contributed by atoms with E-state index in [0.29, 0.717) is 16.9 Å². The summed E-state index contributed by atoms with van der Waals surface area (Å²) in [4.78, 5) is 7.32. The minimum absolute atomic E-state index is 0.0808. The molecule has 2 bridgehead atoms. The van der Waals surface area contributed by atoms with Crippen LogP contribution < -0.4 is 21.1 Å². The van der Waals surface area contributed by atoms with Crippen LogP contribution in [-0.4, -0.2) is 41.2 Å². The fraction of sp³-hybridized carbons (Fsp3) is 0.220. The van der Waals surface area contributed by atoms with Gasteiger partial charge in [-0.05, 0) is 107 Å². The van der Waals surface area contributed by atoms with Gasteiger partial charge in [-0.3, -0.25) is 9.88 Å². The highest BCUT2D eigenvalue weighted by atomic mass is 32.1. The first kappa shape index (κ1) is 30.4. The molecule has 3 aliphatic rings. The number of nitrogens with one attached hydrogen (secondary N) is 2. The lowest BCUT2D eigenvalue weighted by molar-refractivity contribution is 0.00443. The summed E-state index contributed by atoms with van der Waals surface area (Å²) in [5, 5.41) is 13.6. The van der Waals surface area contributed by atoms with Crippen molar-refractivity contribution in [2.75, 3.05) is 31.2 Å². The highest BCUT2D eigenvalue weighted by molar-refractivity contribution is 7.80. The van der Waals surface area contributed by atoms with Gasteiger partial charge in [0.15, 0.2) is 5.11 Å². The molecule has 4 heterocycles. The number of nitrogens with two attached hydrogens (primary N) is 1. The maximum absolute atomic E-state index is 6.79. The van der Waals surface area contributed by atoms with Gasteiger partial charge < -0.3 is 21.1 Å². The summed E-state index contributed by atoms with van der Waals surface area (Å²) in [5.41, 5.74) is 12.6. The molecule has 0 spiro atoms. The Morgan fingerprint density at radius 3 is 2.44 bits per heavy atom. The third-order valence-corrected chi connectivity index (χ3v) is 10.8. The highest BCUT2D eigenvalue weighted by Crippen LogP contribution is 2.44. The van der Waals surface area contributed by atoms with E-state index >= 15 is 0 Å². The Balaban J connectivity index is 1.22. The Kier molecular flexibility index (Phi) is 7.95. The van der Waals surface area contributed by atoms with Crippen LogP contribution in [0.25, 0.3) is 43.6 Å². The number of pyridine rings is 1. The zero-order chi connectivity index (χ0) is 32.8. The molecule has 0 aliphatic carbocycles. The summed E-state index contributed by atoms with van der Waals surface area (Å²) in [6.07, 6.45) is 6.32. The summed E-state index contributed by atoms with van der Waals surface area (Å²) in [7, 11) is 1.71. The Hall–Kier alpha value is -4.98. The van der Waals surface area contributed by atoms with Gasteiger partial charge in [-0.2, -0.15) is 0 Å². The average molecular weight is 650 g/mol. The van der Waals surface area contributed by atoms with E-state index < -0.39 is 0 Å². The molecule has 0 saturated carbocycles. The van der Waals surface area contributed by atoms with Crippen molar-refractivity contribution in [3.63, 3.8) is 0 Å². The maximum atomic E-state index is 6.79. The topological polar surface area (TPSA) is 75.4 Å². The molecule has 9 rings (SSSR count). The van der Waals surface area contributed by atoms with Crippen molar-refractivity contribution in [1.82, 2.24) is 15.2 Å². The van der Waals surface area contributed by atoms with Crippen LogP contribution in [0.5, 0.6) is 5.75 Å². The molecule has 5 atom stereocenters. The van der Waals surface area contributed by atoms with E-state index in [1.807, 2.05) is 24.4 Å². The number of anilines is 2. The molecule has 3 unspecified atom stereocenters. The molecule has 3 aliphatic heterocycles. The predicted molar refractivity (Wildman–Crippen MR) is 203 cm³/mol. The van der Waals surface area contributed by atoms with Crippen LogP contribution in [0, 0.1) is 11.8 Å². The van der Waals surface area contributed by atoms with E-state index in [-0.39, 0.29) is 12.1 Å². The minimum atomic E-state index is -0.0808. The molecule has 3 saturated heterocycles. The zero-order valence-corrected chi connectivity index (χ0v) is 27.8. The predicted octanol–water partition coefficient (Wildman–Crippen LogP) is 8.72. The number of hydrogen-bond acceptors (Lipinski definition) is 5. The number of ether oxygens (including phenoxy) is 1. The first-order chi connectivity index (χ1) is 23.5. The van der Waals surface area contributed by atoms with Crippen LogP contribution >= 0.6 is 12.2 Å². The van der Waals surface area contributed by atoms with Crippen molar-refractivity contribution in [3.8, 4) is 16.9 Å². The van der Waals surface area contributed by atoms with Gasteiger partial charge in [-0.25, -0.2) is 0 Å². The number of aromatic nitrogens is 1. The van der Waals surface area contributed by atoms with Crippen LogP contribution in [0.2, 0.25) is 0 Å². The molecular formula is C41H39N5OS. The molecule has 4 N–H and O–H groups in total. The summed E-state index contributed by atoms with van der Waals surface area (Å²) < 4.78 is 5.65. The normalized spacial score (nSPS) is 20.9. The molecule has 3 fully saturated rings. The van der Waals surface area contributed by atoms with Crippen molar-refractivity contribution in [3.05, 3.63) is 121 Å². The number of rotatable bonds is 7. The van der Waals surface area contributed by atoms with Crippen LogP contribution in [0.3, 0.4) is 0 Å². The fourth-order valence-corrected chi connectivity index (χ4v) is 8.40. The maximum Gasteiger partial charge on any atom is 0.171 e. The molecule has 240 valence electrons. The van der Waals surface area contributed by atoms with Gasteiger partial charge in [0.1, 0.15) is 5.75 Å². The quantitative estimate of drug-likeness (QED) is 0.0907. The first-order valence-electron chi connectivity index (χ1n) is 16.7. The van der Waals surface area contributed by atoms with Gasteiger partial charge in [0.25, 0.3) is 0 Å². The molecule has 0 amide bonds. The van der Waals surface area contributed by atoms with Gasteiger partial charge in [-0.15, -0.1) is 6.58 Å². The number of fused-ring (bicyclic) bond motifs is 6. The monoisotopic (exact) mass is 649 g/mol. The Morgan fingerprint density at radius 2 is 1.71 bits per heavy atom. The van der Waals surface area contributed by atoms with Gasteiger partial charge in [0.05, 0.1) is 18.7 Å².